The molecule has 0 atom stereocenters. The second-order valence-electron chi connectivity index (χ2n) is 0.152. The molecule has 0 unspecified atom stereocenters. The van der Waals surface area contributed by atoms with Crippen molar-refractivity contribution in [3.8, 4) is 0 Å². The van der Waals surface area contributed by atoms with E-state index in [1.165, 1.54) is 0 Å². The first kappa shape index (κ1) is 10.7. The summed E-state index contributed by atoms with van der Waals surface area (Å²) in [5.74, 6) is 0. The van der Waals surface area contributed by atoms with Gasteiger partial charge >= 0.3 is 64.7 Å². The fraction of sp³-hybridized carbons (Fsp3) is 0. The Morgan fingerprint density at radius 3 is 1.00 bits per heavy atom. The van der Waals surface area contributed by atoms with E-state index in [2.05, 4.69) is 59.3 Å². The molecule has 2 N–H and O–H groups in total. The molecule has 0 rings (SSSR count). The van der Waals surface area contributed by atoms with E-state index in [-0.39, 0.29) is 10.9 Å². The molecular weight excluding hydrogens is 498 g/mol. The van der Waals surface area contributed by atoms with E-state index in [9.17, 15) is 0 Å². The van der Waals surface area contributed by atoms with Gasteiger partial charge in [-0.3, -0.25) is 0 Å². The van der Waals surface area contributed by atoms with Crippen LogP contribution in [0, 0.1) is 0 Å². The molecule has 1 nitrogen and oxygen atoms in total. The zero-order valence-corrected chi connectivity index (χ0v) is 10.2. The molecule has 0 amide bonds. The van der Waals surface area contributed by atoms with Crippen molar-refractivity contribution in [3.05, 3.63) is 0 Å². The van der Waals surface area contributed by atoms with Crippen molar-refractivity contribution in [2.24, 2.45) is 0 Å². The van der Waals surface area contributed by atoms with Gasteiger partial charge in [-0.25, -0.2) is 0 Å². The summed E-state index contributed by atoms with van der Waals surface area (Å²) in [5, 5.41) is -0.260. The SMILES string of the molecule is O.[I][Ru]([I])[I]. The topological polar surface area (TPSA) is 31.5 Å². The summed E-state index contributed by atoms with van der Waals surface area (Å²) in [6.07, 6.45) is 0. The zero-order chi connectivity index (χ0) is 3.58. The first-order valence-corrected chi connectivity index (χ1v) is 15.9. The second-order valence-corrected chi connectivity index (χ2v) is 40.3. The predicted molar refractivity (Wildman–Crippen MR) is 45.7 cm³/mol. The molecule has 0 aromatic rings. The standard InChI is InChI=1S/3HI.H2O.Ru/h3*1H;1H2;/q;;;;+3/p-3. The molecule has 37 valence electrons. The van der Waals surface area contributed by atoms with Gasteiger partial charge in [0.1, 0.15) is 0 Å². The second kappa shape index (κ2) is 6.77. The molecule has 0 aliphatic rings. The van der Waals surface area contributed by atoms with Crippen LogP contribution in [0.3, 0.4) is 0 Å². The number of hydrogen-bond donors (Lipinski definition) is 0. The Hall–Kier alpha value is 2.77. The Bertz CT molecular complexity index is 11.6. The van der Waals surface area contributed by atoms with Gasteiger partial charge in [0.25, 0.3) is 0 Å². The van der Waals surface area contributed by atoms with Crippen LogP contribution in [0.1, 0.15) is 0 Å². The van der Waals surface area contributed by atoms with E-state index in [0.29, 0.717) is 0 Å². The molecule has 0 aromatic carbocycles. The average molecular weight is 500 g/mol. The number of hydrogen-bond acceptors (Lipinski definition) is 0. The summed E-state index contributed by atoms with van der Waals surface area (Å²) >= 11 is 7.38. The fourth-order valence-corrected chi connectivity index (χ4v) is 0. The quantitative estimate of drug-likeness (QED) is 0.360. The maximum absolute atomic E-state index is 2.46. The molecular formula is H2I3ORu. The fourth-order valence-electron chi connectivity index (χ4n) is 0. The van der Waals surface area contributed by atoms with Crippen LogP contribution in [0.25, 0.3) is 0 Å². The van der Waals surface area contributed by atoms with Crippen LogP contribution in [0.5, 0.6) is 0 Å². The molecule has 5 heavy (non-hydrogen) atoms. The summed E-state index contributed by atoms with van der Waals surface area (Å²) in [4.78, 5) is 0. The van der Waals surface area contributed by atoms with Crippen LogP contribution in [0.2, 0.25) is 0 Å². The van der Waals surface area contributed by atoms with Crippen molar-refractivity contribution >= 4 is 59.3 Å². The van der Waals surface area contributed by atoms with Gasteiger partial charge in [-0.1, -0.05) is 0 Å². The Morgan fingerprint density at radius 1 is 1.00 bits per heavy atom. The zero-order valence-electron chi connectivity index (χ0n) is 1.99. The summed E-state index contributed by atoms with van der Waals surface area (Å²) in [6, 6.07) is 0. The molecule has 5 heteroatoms. The first-order chi connectivity index (χ1) is 1.73. The van der Waals surface area contributed by atoms with E-state index in [4.69, 9.17) is 0 Å². The van der Waals surface area contributed by atoms with Crippen LogP contribution >= 0.6 is 59.3 Å². The van der Waals surface area contributed by atoms with Crippen LogP contribution < -0.4 is 0 Å². The van der Waals surface area contributed by atoms with Gasteiger partial charge in [0, 0.05) is 0 Å². The van der Waals surface area contributed by atoms with Gasteiger partial charge in [-0.05, 0) is 0 Å². The van der Waals surface area contributed by atoms with E-state index in [0.717, 1.165) is 0 Å². The van der Waals surface area contributed by atoms with Gasteiger partial charge in [0.2, 0.25) is 0 Å². The third-order valence-electron chi connectivity index (χ3n) is 0. The van der Waals surface area contributed by atoms with Crippen molar-refractivity contribution in [3.63, 3.8) is 0 Å². The monoisotopic (exact) mass is 501 g/mol. The third kappa shape index (κ3) is 20.1. The van der Waals surface area contributed by atoms with Crippen molar-refractivity contribution in [1.82, 2.24) is 0 Å². The average Bonchev–Trinajstić information content (AvgIpc) is 0.811. The van der Waals surface area contributed by atoms with Crippen LogP contribution in [-0.2, 0) is 5.41 Å². The molecule has 0 saturated heterocycles. The van der Waals surface area contributed by atoms with Crippen LogP contribution in [0.15, 0.2) is 0 Å². The molecule has 0 saturated carbocycles. The van der Waals surface area contributed by atoms with Gasteiger partial charge < -0.3 is 5.48 Å². The Labute approximate surface area is 68.4 Å². The van der Waals surface area contributed by atoms with E-state index in [1.54, 1.807) is 0 Å². The molecule has 0 heterocycles. The molecule has 0 aliphatic heterocycles. The summed E-state index contributed by atoms with van der Waals surface area (Å²) in [6.45, 7) is 0. The molecule has 0 fully saturated rings. The third-order valence-corrected chi connectivity index (χ3v) is 0. The predicted octanol–water partition coefficient (Wildman–Crippen LogP) is 1.83. The number of halogens is 3. The molecule has 0 bridgehead atoms. The van der Waals surface area contributed by atoms with E-state index in [1.807, 2.05) is 0 Å². The van der Waals surface area contributed by atoms with Gasteiger partial charge in [-0.15, -0.1) is 0 Å². The summed E-state index contributed by atoms with van der Waals surface area (Å²) in [5.41, 5.74) is 0. The van der Waals surface area contributed by atoms with E-state index >= 15 is 0 Å². The van der Waals surface area contributed by atoms with Gasteiger partial charge in [0.15, 0.2) is 0 Å². The van der Waals surface area contributed by atoms with Crippen LogP contribution in [0.4, 0.5) is 0 Å². The van der Waals surface area contributed by atoms with E-state index < -0.39 is 0 Å². The summed E-state index contributed by atoms with van der Waals surface area (Å²) < 4.78 is 0. The van der Waals surface area contributed by atoms with Gasteiger partial charge in [-0.2, -0.15) is 0 Å². The molecule has 0 spiro atoms. The normalized spacial score (nSPS) is 9.00. The molecule has 0 aliphatic carbocycles. The van der Waals surface area contributed by atoms with Crippen molar-refractivity contribution < 1.29 is 10.9 Å². The van der Waals surface area contributed by atoms with Crippen molar-refractivity contribution in [2.75, 3.05) is 0 Å². The Kier molecular flexibility index (Phi) is 14.5. The maximum atomic E-state index is 2.46. The Balaban J connectivity index is 0. The Morgan fingerprint density at radius 2 is 1.00 bits per heavy atom. The minimum absolute atomic E-state index is 0. The van der Waals surface area contributed by atoms with Crippen molar-refractivity contribution in [2.45, 2.75) is 0 Å². The number of rotatable bonds is 0. The molecule has 0 aromatic heterocycles. The minimum atomic E-state index is -0.260. The van der Waals surface area contributed by atoms with Crippen LogP contribution in [-0.4, -0.2) is 5.48 Å². The molecule has 0 radical (unpaired) electrons. The van der Waals surface area contributed by atoms with Crippen molar-refractivity contribution in [1.29, 1.82) is 0 Å². The summed E-state index contributed by atoms with van der Waals surface area (Å²) in [7, 11) is 0. The van der Waals surface area contributed by atoms with Gasteiger partial charge in [0.05, 0.1) is 0 Å². The first-order valence-electron chi connectivity index (χ1n) is 0.401.